The lowest BCUT2D eigenvalue weighted by Gasteiger charge is -2.22. The lowest BCUT2D eigenvalue weighted by molar-refractivity contribution is -0.143. The van der Waals surface area contributed by atoms with Crippen LogP contribution in [-0.4, -0.2) is 47.4 Å². The van der Waals surface area contributed by atoms with Gasteiger partial charge in [0, 0.05) is 12.8 Å². The zero-order valence-corrected chi connectivity index (χ0v) is 53.2. The molecule has 1 amide bonds. The predicted octanol–water partition coefficient (Wildman–Crippen LogP) is 23.1. The maximum Gasteiger partial charge on any atom is 0.305 e. The van der Waals surface area contributed by atoms with E-state index in [4.69, 9.17) is 4.74 Å². The fourth-order valence-corrected chi connectivity index (χ4v) is 11.6. The topological polar surface area (TPSA) is 95.9 Å². The molecule has 0 heterocycles. The Balaban J connectivity index is 3.33. The van der Waals surface area contributed by atoms with Gasteiger partial charge in [0.2, 0.25) is 5.91 Å². The van der Waals surface area contributed by atoms with Crippen LogP contribution in [0.2, 0.25) is 0 Å². The van der Waals surface area contributed by atoms with E-state index in [-0.39, 0.29) is 18.5 Å². The zero-order valence-electron chi connectivity index (χ0n) is 53.2. The summed E-state index contributed by atoms with van der Waals surface area (Å²) in [4.78, 5) is 24.6. The minimum atomic E-state index is -0.661. The number of unbranched alkanes of at least 4 members (excludes halogenated alkanes) is 55. The molecule has 2 atom stereocenters. The van der Waals surface area contributed by atoms with Gasteiger partial charge in [0.25, 0.3) is 0 Å². The highest BCUT2D eigenvalue weighted by molar-refractivity contribution is 5.76. The van der Waals surface area contributed by atoms with Crippen molar-refractivity contribution in [2.45, 2.75) is 424 Å². The molecule has 3 N–H and O–H groups in total. The van der Waals surface area contributed by atoms with E-state index >= 15 is 0 Å². The number of aliphatic hydroxyl groups is 2. The van der Waals surface area contributed by atoms with E-state index in [1.165, 1.54) is 340 Å². The van der Waals surface area contributed by atoms with Crippen LogP contribution >= 0.6 is 0 Å². The van der Waals surface area contributed by atoms with Gasteiger partial charge in [-0.25, -0.2) is 0 Å². The number of carbonyl (C=O) groups is 2. The summed E-state index contributed by atoms with van der Waals surface area (Å²) in [6.45, 7) is 4.99. The number of ether oxygens (including phenoxy) is 1. The van der Waals surface area contributed by atoms with Crippen LogP contribution in [0, 0.1) is 0 Å². The number of allylic oxidation sites excluding steroid dienone is 2. The van der Waals surface area contributed by atoms with Crippen molar-refractivity contribution in [1.82, 2.24) is 5.32 Å². The number of aliphatic hydroxyl groups excluding tert-OH is 2. The van der Waals surface area contributed by atoms with E-state index in [9.17, 15) is 19.8 Å². The van der Waals surface area contributed by atoms with E-state index in [1.807, 2.05) is 0 Å². The molecular formula is C72H141NO5. The van der Waals surface area contributed by atoms with E-state index in [1.54, 1.807) is 0 Å². The molecule has 464 valence electrons. The van der Waals surface area contributed by atoms with Gasteiger partial charge in [-0.15, -0.1) is 0 Å². The second kappa shape index (κ2) is 68.1. The molecule has 6 heteroatoms. The van der Waals surface area contributed by atoms with Crippen molar-refractivity contribution in [2.24, 2.45) is 0 Å². The predicted molar refractivity (Wildman–Crippen MR) is 343 cm³/mol. The Bertz CT molecular complexity index is 1180. The largest absolute Gasteiger partial charge is 0.466 e. The molecule has 6 nitrogen and oxygen atoms in total. The highest BCUT2D eigenvalue weighted by Crippen LogP contribution is 2.19. The molecule has 0 aromatic heterocycles. The van der Waals surface area contributed by atoms with Crippen molar-refractivity contribution in [3.63, 3.8) is 0 Å². The van der Waals surface area contributed by atoms with E-state index in [2.05, 4.69) is 31.3 Å². The third-order valence-corrected chi connectivity index (χ3v) is 17.1. The van der Waals surface area contributed by atoms with Gasteiger partial charge in [0.05, 0.1) is 25.4 Å². The molecule has 0 rings (SSSR count). The van der Waals surface area contributed by atoms with Gasteiger partial charge in [0.15, 0.2) is 0 Å². The summed E-state index contributed by atoms with van der Waals surface area (Å²) >= 11 is 0. The second-order valence-corrected chi connectivity index (χ2v) is 24.9. The third-order valence-electron chi connectivity index (χ3n) is 17.1. The quantitative estimate of drug-likeness (QED) is 0.0320. The zero-order chi connectivity index (χ0) is 56.4. The van der Waals surface area contributed by atoms with E-state index in [0.29, 0.717) is 25.9 Å². The Morgan fingerprint density at radius 1 is 0.346 bits per heavy atom. The van der Waals surface area contributed by atoms with Crippen molar-refractivity contribution >= 4 is 11.9 Å². The minimum Gasteiger partial charge on any atom is -0.466 e. The lowest BCUT2D eigenvalue weighted by atomic mass is 10.0. The minimum absolute atomic E-state index is 0.0220. The van der Waals surface area contributed by atoms with Crippen LogP contribution in [0.15, 0.2) is 12.2 Å². The lowest BCUT2D eigenvalue weighted by Crippen LogP contribution is -2.45. The van der Waals surface area contributed by atoms with Gasteiger partial charge in [-0.3, -0.25) is 9.59 Å². The summed E-state index contributed by atoms with van der Waals surface area (Å²) in [5.41, 5.74) is 0. The molecule has 0 bridgehead atoms. The fraction of sp³-hybridized carbons (Fsp3) is 0.944. The molecule has 0 spiro atoms. The van der Waals surface area contributed by atoms with Crippen LogP contribution in [0.3, 0.4) is 0 Å². The normalized spacial score (nSPS) is 12.5. The molecule has 2 unspecified atom stereocenters. The maximum absolute atomic E-state index is 12.5. The first-order chi connectivity index (χ1) is 38.5. The summed E-state index contributed by atoms with van der Waals surface area (Å²) in [6.07, 6.45) is 84.2. The molecule has 0 saturated carbocycles. The summed E-state index contributed by atoms with van der Waals surface area (Å²) in [5, 5.41) is 23.3. The Hall–Kier alpha value is -1.40. The maximum atomic E-state index is 12.5. The number of hydrogen-bond donors (Lipinski definition) is 3. The Morgan fingerprint density at radius 2 is 0.603 bits per heavy atom. The molecule has 0 aromatic rings. The van der Waals surface area contributed by atoms with Gasteiger partial charge in [-0.1, -0.05) is 360 Å². The number of hydrogen-bond acceptors (Lipinski definition) is 5. The first kappa shape index (κ1) is 76.6. The average molecular weight is 1100 g/mol. The highest BCUT2D eigenvalue weighted by atomic mass is 16.5. The SMILES string of the molecule is CCCCCCCCCCCCCCCCCC(=O)OCCCCCCCCCCCCCC/C=C\CCCCCCCCCCCCCCCCCCC(=O)NC(CO)C(O)CCCCCCCCCCCCCCCC. The first-order valence-electron chi connectivity index (χ1n) is 35.9. The first-order valence-corrected chi connectivity index (χ1v) is 35.9. The third kappa shape index (κ3) is 63.8. The molecule has 78 heavy (non-hydrogen) atoms. The van der Waals surface area contributed by atoms with Gasteiger partial charge in [0.1, 0.15) is 0 Å². The number of esters is 1. The molecule has 0 aromatic carbocycles. The number of nitrogens with one attached hydrogen (secondary N) is 1. The average Bonchev–Trinajstić information content (AvgIpc) is 3.44. The van der Waals surface area contributed by atoms with Crippen LogP contribution in [0.5, 0.6) is 0 Å². The second-order valence-electron chi connectivity index (χ2n) is 24.9. The summed E-state index contributed by atoms with van der Waals surface area (Å²) in [6, 6.07) is -0.538. The Labute approximate surface area is 489 Å². The van der Waals surface area contributed by atoms with Gasteiger partial charge in [-0.2, -0.15) is 0 Å². The Kier molecular flexibility index (Phi) is 66.9. The van der Waals surface area contributed by atoms with E-state index < -0.39 is 12.1 Å². The van der Waals surface area contributed by atoms with Crippen molar-refractivity contribution < 1.29 is 24.5 Å². The molecular weight excluding hydrogens is 959 g/mol. The van der Waals surface area contributed by atoms with Gasteiger partial charge >= 0.3 is 5.97 Å². The molecule has 0 aliphatic carbocycles. The van der Waals surface area contributed by atoms with Crippen molar-refractivity contribution in [2.75, 3.05) is 13.2 Å². The van der Waals surface area contributed by atoms with Crippen molar-refractivity contribution in [3.05, 3.63) is 12.2 Å². The summed E-state index contributed by atoms with van der Waals surface area (Å²) < 4.78 is 5.50. The fourth-order valence-electron chi connectivity index (χ4n) is 11.6. The summed E-state index contributed by atoms with van der Waals surface area (Å²) in [5.74, 6) is -0.00732. The smallest absolute Gasteiger partial charge is 0.305 e. The molecule has 0 aliphatic rings. The number of carbonyl (C=O) groups excluding carboxylic acids is 2. The van der Waals surface area contributed by atoms with Crippen molar-refractivity contribution in [1.29, 1.82) is 0 Å². The van der Waals surface area contributed by atoms with Gasteiger partial charge in [-0.05, 0) is 51.4 Å². The van der Waals surface area contributed by atoms with Gasteiger partial charge < -0.3 is 20.3 Å². The molecule has 0 saturated heterocycles. The van der Waals surface area contributed by atoms with Crippen LogP contribution in [0.1, 0.15) is 412 Å². The summed E-state index contributed by atoms with van der Waals surface area (Å²) in [7, 11) is 0. The molecule has 0 fully saturated rings. The highest BCUT2D eigenvalue weighted by Gasteiger charge is 2.20. The molecule has 0 radical (unpaired) electrons. The van der Waals surface area contributed by atoms with Crippen LogP contribution in [0.4, 0.5) is 0 Å². The number of amides is 1. The number of rotatable bonds is 68. The van der Waals surface area contributed by atoms with Crippen LogP contribution < -0.4 is 5.32 Å². The Morgan fingerprint density at radius 3 is 0.910 bits per heavy atom. The van der Waals surface area contributed by atoms with Crippen LogP contribution in [-0.2, 0) is 14.3 Å². The van der Waals surface area contributed by atoms with E-state index in [0.717, 1.165) is 38.5 Å². The standard InChI is InChI=1S/C72H141NO5/c1-3-5-7-9-11-13-15-17-37-42-46-50-54-58-62-66-72(77)78-67-63-59-55-51-47-43-39-36-34-32-30-28-26-24-22-20-19-21-23-25-27-29-31-33-35-38-41-45-49-53-57-61-65-71(76)73-69(68-74)70(75)64-60-56-52-48-44-40-18-16-14-12-10-8-6-4-2/h22,24,69-70,74-75H,3-21,23,25-68H2,1-2H3,(H,73,76)/b24-22-. The van der Waals surface area contributed by atoms with Crippen molar-refractivity contribution in [3.8, 4) is 0 Å². The molecule has 0 aliphatic heterocycles. The monoisotopic (exact) mass is 1100 g/mol. The van der Waals surface area contributed by atoms with Crippen LogP contribution in [0.25, 0.3) is 0 Å².